The van der Waals surface area contributed by atoms with Crippen molar-refractivity contribution in [1.29, 1.82) is 0 Å². The molecule has 4 aromatic heterocycles. The van der Waals surface area contributed by atoms with Gasteiger partial charge in [-0.1, -0.05) is 72.8 Å². The van der Waals surface area contributed by atoms with Crippen LogP contribution >= 0.6 is 0 Å². The van der Waals surface area contributed by atoms with Gasteiger partial charge < -0.3 is 13.7 Å². The van der Waals surface area contributed by atoms with Crippen molar-refractivity contribution in [2.24, 2.45) is 0 Å². The summed E-state index contributed by atoms with van der Waals surface area (Å²) in [6.45, 7) is 0. The van der Waals surface area contributed by atoms with Crippen molar-refractivity contribution < 1.29 is 9.15 Å². The summed E-state index contributed by atoms with van der Waals surface area (Å²) in [5.41, 5.74) is 6.62. The molecule has 4 heterocycles. The molecule has 5 aromatic carbocycles. The molecule has 0 saturated heterocycles. The highest BCUT2D eigenvalue weighted by molar-refractivity contribution is 6.12. The Morgan fingerprint density at radius 1 is 0.543 bits per heavy atom. The summed E-state index contributed by atoms with van der Waals surface area (Å²) in [7, 11) is 0. The van der Waals surface area contributed by atoms with Gasteiger partial charge in [0.25, 0.3) is 0 Å². The van der Waals surface area contributed by atoms with Crippen LogP contribution in [0.15, 0.2) is 162 Å². The first kappa shape index (κ1) is 26.0. The number of nitrogens with zero attached hydrogens (tertiary/aromatic N) is 4. The van der Waals surface area contributed by atoms with E-state index < -0.39 is 0 Å². The zero-order valence-corrected chi connectivity index (χ0v) is 24.6. The molecule has 46 heavy (non-hydrogen) atoms. The summed E-state index contributed by atoms with van der Waals surface area (Å²) in [4.78, 5) is 11.4. The van der Waals surface area contributed by atoms with Gasteiger partial charge in [-0.25, -0.2) is 9.97 Å². The summed E-state index contributed by atoms with van der Waals surface area (Å²) >= 11 is 0. The second-order valence-electron chi connectivity index (χ2n) is 11.1. The topological polar surface area (TPSA) is 56.3 Å². The molecule has 9 rings (SSSR count). The number of pyridine rings is 2. The molecule has 0 unspecified atom stereocenters. The molecule has 9 aromatic rings. The van der Waals surface area contributed by atoms with Gasteiger partial charge in [0.15, 0.2) is 0 Å². The average molecular weight is 595 g/mol. The summed E-state index contributed by atoms with van der Waals surface area (Å²) in [5.74, 6) is 2.03. The Kier molecular flexibility index (Phi) is 6.03. The van der Waals surface area contributed by atoms with Crippen LogP contribution in [0.25, 0.3) is 49.4 Å². The van der Waals surface area contributed by atoms with Crippen LogP contribution in [-0.2, 0) is 0 Å². The van der Waals surface area contributed by atoms with Crippen LogP contribution in [0.4, 0.5) is 17.2 Å². The fraction of sp³-hybridized carbons (Fsp3) is 0. The van der Waals surface area contributed by atoms with Crippen molar-refractivity contribution in [3.63, 3.8) is 0 Å². The number of ether oxygens (including phenoxy) is 1. The molecule has 6 heteroatoms. The molecule has 0 fully saturated rings. The van der Waals surface area contributed by atoms with Gasteiger partial charge in [0, 0.05) is 58.1 Å². The molecule has 6 nitrogen and oxygen atoms in total. The lowest BCUT2D eigenvalue weighted by atomic mass is 10.1. The maximum Gasteiger partial charge on any atom is 0.219 e. The number of fused-ring (bicyclic) bond motifs is 6. The molecule has 0 spiro atoms. The Balaban J connectivity index is 1.32. The number of rotatable bonds is 6. The van der Waals surface area contributed by atoms with Gasteiger partial charge in [0.2, 0.25) is 5.88 Å². The minimum absolute atomic E-state index is 0.518. The maximum atomic E-state index is 6.50. The van der Waals surface area contributed by atoms with E-state index in [1.54, 1.807) is 6.20 Å². The third-order valence-electron chi connectivity index (χ3n) is 8.35. The van der Waals surface area contributed by atoms with Crippen molar-refractivity contribution in [3.05, 3.63) is 158 Å². The van der Waals surface area contributed by atoms with Crippen LogP contribution < -0.4 is 9.64 Å². The van der Waals surface area contributed by atoms with E-state index in [0.29, 0.717) is 11.6 Å². The predicted octanol–water partition coefficient (Wildman–Crippen LogP) is 10.7. The lowest BCUT2D eigenvalue weighted by Gasteiger charge is -2.24. The van der Waals surface area contributed by atoms with Gasteiger partial charge in [0.1, 0.15) is 22.7 Å². The molecule has 0 saturated carbocycles. The quantitative estimate of drug-likeness (QED) is 0.192. The Morgan fingerprint density at radius 3 is 2.11 bits per heavy atom. The number of hydrogen-bond donors (Lipinski definition) is 0. The maximum absolute atomic E-state index is 6.50. The lowest BCUT2D eigenvalue weighted by Crippen LogP contribution is -2.11. The smallest absolute Gasteiger partial charge is 0.219 e. The van der Waals surface area contributed by atoms with Gasteiger partial charge in [0.05, 0.1) is 22.1 Å². The number of aromatic nitrogens is 3. The van der Waals surface area contributed by atoms with Gasteiger partial charge >= 0.3 is 0 Å². The summed E-state index contributed by atoms with van der Waals surface area (Å²) < 4.78 is 15.2. The summed E-state index contributed by atoms with van der Waals surface area (Å²) in [6, 6.07) is 49.3. The second-order valence-corrected chi connectivity index (χ2v) is 11.1. The minimum atomic E-state index is 0.518. The highest BCUT2D eigenvalue weighted by Gasteiger charge is 2.21. The predicted molar refractivity (Wildman–Crippen MR) is 185 cm³/mol. The van der Waals surface area contributed by atoms with E-state index in [1.165, 1.54) is 0 Å². The van der Waals surface area contributed by atoms with Gasteiger partial charge in [-0.05, 0) is 54.6 Å². The SMILES string of the molecule is c1ccc(N(c2ccc3c4ccccc4n(-c4cc(Oc5ccccn5)c5c(c4)oc4ccccc45)c3c2)c2ccccn2)cc1. The van der Waals surface area contributed by atoms with Crippen molar-refractivity contribution in [2.75, 3.05) is 4.90 Å². The van der Waals surface area contributed by atoms with E-state index in [-0.39, 0.29) is 0 Å². The van der Waals surface area contributed by atoms with Gasteiger partial charge in [-0.15, -0.1) is 0 Å². The van der Waals surface area contributed by atoms with E-state index in [9.17, 15) is 0 Å². The number of para-hydroxylation sites is 3. The Labute approximate surface area is 264 Å². The first-order valence-corrected chi connectivity index (χ1v) is 15.2. The standard InChI is InChI=1S/C40H26N4O2/c1-2-12-27(13-3-1)43(38-18-8-10-22-41-38)28-20-21-31-30-14-4-6-16-33(30)44(34(31)24-28)29-25-36-40(32-15-5-7-17-35(32)45-36)37(26-29)46-39-19-9-11-23-42-39/h1-26H. The molecular weight excluding hydrogens is 568 g/mol. The highest BCUT2D eigenvalue weighted by atomic mass is 16.5. The molecular formula is C40H26N4O2. The van der Waals surface area contributed by atoms with Gasteiger partial charge in [-0.3, -0.25) is 4.90 Å². The van der Waals surface area contributed by atoms with Crippen molar-refractivity contribution >= 4 is 60.9 Å². The van der Waals surface area contributed by atoms with Crippen molar-refractivity contribution in [3.8, 4) is 17.3 Å². The molecule has 0 aliphatic carbocycles. The number of furan rings is 1. The fourth-order valence-corrected chi connectivity index (χ4v) is 6.39. The molecule has 0 amide bonds. The normalized spacial score (nSPS) is 11.5. The van der Waals surface area contributed by atoms with Crippen LogP contribution in [0.1, 0.15) is 0 Å². The third-order valence-corrected chi connectivity index (χ3v) is 8.35. The second kappa shape index (κ2) is 10.6. The van der Waals surface area contributed by atoms with Crippen LogP contribution in [0, 0.1) is 0 Å². The van der Waals surface area contributed by atoms with Crippen molar-refractivity contribution in [2.45, 2.75) is 0 Å². The van der Waals surface area contributed by atoms with E-state index >= 15 is 0 Å². The lowest BCUT2D eigenvalue weighted by molar-refractivity contribution is 0.468. The van der Waals surface area contributed by atoms with Crippen LogP contribution in [0.3, 0.4) is 0 Å². The number of anilines is 3. The molecule has 0 radical (unpaired) electrons. The molecule has 218 valence electrons. The monoisotopic (exact) mass is 594 g/mol. The minimum Gasteiger partial charge on any atom is -0.456 e. The molecule has 0 aliphatic rings. The zero-order chi connectivity index (χ0) is 30.5. The van der Waals surface area contributed by atoms with Crippen LogP contribution in [0.2, 0.25) is 0 Å². The summed E-state index contributed by atoms with van der Waals surface area (Å²) in [6.07, 6.45) is 3.56. The van der Waals surface area contributed by atoms with E-state index in [2.05, 4.69) is 87.2 Å². The third kappa shape index (κ3) is 4.27. The zero-order valence-electron chi connectivity index (χ0n) is 24.6. The molecule has 0 bridgehead atoms. The average Bonchev–Trinajstić information content (AvgIpc) is 3.65. The van der Waals surface area contributed by atoms with Gasteiger partial charge in [-0.2, -0.15) is 0 Å². The highest BCUT2D eigenvalue weighted by Crippen LogP contribution is 2.43. The summed E-state index contributed by atoms with van der Waals surface area (Å²) in [5, 5.41) is 4.21. The molecule has 0 aliphatic heterocycles. The number of hydrogen-bond acceptors (Lipinski definition) is 5. The van der Waals surface area contributed by atoms with Crippen LogP contribution in [0.5, 0.6) is 11.6 Å². The van der Waals surface area contributed by atoms with E-state index in [4.69, 9.17) is 14.1 Å². The largest absolute Gasteiger partial charge is 0.456 e. The number of benzene rings is 5. The van der Waals surface area contributed by atoms with Crippen molar-refractivity contribution in [1.82, 2.24) is 14.5 Å². The molecule has 0 atom stereocenters. The Hall–Kier alpha value is -6.40. The first-order valence-electron chi connectivity index (χ1n) is 15.2. The van der Waals surface area contributed by atoms with E-state index in [0.717, 1.165) is 66.6 Å². The fourth-order valence-electron chi connectivity index (χ4n) is 6.39. The first-order chi connectivity index (χ1) is 22.8. The molecule has 0 N–H and O–H groups in total. The van der Waals surface area contributed by atoms with E-state index in [1.807, 2.05) is 79.0 Å². The van der Waals surface area contributed by atoms with Crippen LogP contribution in [-0.4, -0.2) is 14.5 Å². The Morgan fingerprint density at radius 2 is 1.28 bits per heavy atom. The Bertz CT molecular complexity index is 2470.